The van der Waals surface area contributed by atoms with Gasteiger partial charge in [-0.15, -0.1) is 0 Å². The first-order valence-corrected chi connectivity index (χ1v) is 7.21. The summed E-state index contributed by atoms with van der Waals surface area (Å²) in [5.74, 6) is 0.423. The molecule has 0 radical (unpaired) electrons. The molecule has 0 atom stereocenters. The number of likely N-dealkylation sites (N-methyl/N-ethyl adjacent to an activating group) is 1. The van der Waals surface area contributed by atoms with Gasteiger partial charge >= 0.3 is 0 Å². The maximum absolute atomic E-state index is 12.2. The molecule has 0 aliphatic heterocycles. The van der Waals surface area contributed by atoms with E-state index in [9.17, 15) is 10.1 Å². The number of carbonyl (C=O) groups excluding carboxylic acids is 1. The number of nitrogens with one attached hydrogen (secondary N) is 2. The van der Waals surface area contributed by atoms with Crippen molar-refractivity contribution in [2.75, 3.05) is 18.5 Å². The number of H-pyrrole nitrogens is 1. The van der Waals surface area contributed by atoms with E-state index in [2.05, 4.69) is 31.3 Å². The molecule has 0 bridgehead atoms. The van der Waals surface area contributed by atoms with E-state index in [1.807, 2.05) is 0 Å². The fourth-order valence-corrected chi connectivity index (χ4v) is 2.88. The first-order chi connectivity index (χ1) is 10.6. The Bertz CT molecular complexity index is 726. The lowest BCUT2D eigenvalue weighted by atomic mass is 10.00. The molecule has 1 fully saturated rings. The number of imidazole rings is 1. The highest BCUT2D eigenvalue weighted by Crippen LogP contribution is 2.28. The summed E-state index contributed by atoms with van der Waals surface area (Å²) in [5, 5.41) is 12.2. The van der Waals surface area contributed by atoms with Crippen molar-refractivity contribution in [3.8, 4) is 6.07 Å². The van der Waals surface area contributed by atoms with Gasteiger partial charge in [-0.3, -0.25) is 4.79 Å². The van der Waals surface area contributed by atoms with Crippen LogP contribution >= 0.6 is 0 Å². The van der Waals surface area contributed by atoms with Gasteiger partial charge in [0.15, 0.2) is 11.5 Å². The summed E-state index contributed by atoms with van der Waals surface area (Å²) in [5.41, 5.74) is 0.544. The standard InChI is InChI=1S/C14H17N7O/c1-21(13-11-12(17-8-16-11)18-9-19-13)6-10(22)20-14(7-15)4-2-3-5-14/h8-9H,2-6H2,1H3,(H,20,22)(H,16,17,18,19). The molecular formula is C14H17N7O. The third-order valence-electron chi connectivity index (χ3n) is 4.00. The molecule has 1 amide bonds. The molecule has 1 aliphatic carbocycles. The Labute approximate surface area is 127 Å². The minimum atomic E-state index is -0.701. The van der Waals surface area contributed by atoms with Crippen molar-refractivity contribution in [3.63, 3.8) is 0 Å². The summed E-state index contributed by atoms with van der Waals surface area (Å²) in [4.78, 5) is 29.3. The maximum atomic E-state index is 12.2. The average Bonchev–Trinajstić information content (AvgIpc) is 3.15. The summed E-state index contributed by atoms with van der Waals surface area (Å²) in [6, 6.07) is 2.25. The number of fused-ring (bicyclic) bond motifs is 1. The van der Waals surface area contributed by atoms with Gasteiger partial charge in [-0.1, -0.05) is 0 Å². The van der Waals surface area contributed by atoms with Crippen molar-refractivity contribution in [1.82, 2.24) is 25.3 Å². The van der Waals surface area contributed by atoms with E-state index in [1.165, 1.54) is 6.33 Å². The normalized spacial score (nSPS) is 16.4. The van der Waals surface area contributed by atoms with E-state index >= 15 is 0 Å². The Morgan fingerprint density at radius 2 is 2.23 bits per heavy atom. The molecule has 0 spiro atoms. The van der Waals surface area contributed by atoms with Crippen molar-refractivity contribution in [3.05, 3.63) is 12.7 Å². The molecule has 114 valence electrons. The van der Waals surface area contributed by atoms with Crippen LogP contribution in [0.15, 0.2) is 12.7 Å². The molecule has 0 aromatic carbocycles. The fourth-order valence-electron chi connectivity index (χ4n) is 2.88. The summed E-state index contributed by atoms with van der Waals surface area (Å²) < 4.78 is 0. The molecular weight excluding hydrogens is 282 g/mol. The fraction of sp³-hybridized carbons (Fsp3) is 0.500. The van der Waals surface area contributed by atoms with Crippen LogP contribution in [0.1, 0.15) is 25.7 Å². The lowest BCUT2D eigenvalue weighted by Gasteiger charge is -2.24. The number of aromatic amines is 1. The quantitative estimate of drug-likeness (QED) is 0.861. The zero-order chi connectivity index (χ0) is 15.6. The van der Waals surface area contributed by atoms with Gasteiger partial charge in [-0.2, -0.15) is 5.26 Å². The number of aromatic nitrogens is 4. The van der Waals surface area contributed by atoms with Crippen LogP contribution in [0.4, 0.5) is 5.82 Å². The van der Waals surface area contributed by atoms with E-state index < -0.39 is 5.54 Å². The SMILES string of the molecule is CN(CC(=O)NC1(C#N)CCCC1)c1ncnc2nc[nH]c12. The summed E-state index contributed by atoms with van der Waals surface area (Å²) in [6.07, 6.45) is 6.35. The predicted molar refractivity (Wildman–Crippen MR) is 79.9 cm³/mol. The molecule has 2 heterocycles. The molecule has 3 rings (SSSR count). The van der Waals surface area contributed by atoms with Crippen molar-refractivity contribution in [2.24, 2.45) is 0 Å². The minimum Gasteiger partial charge on any atom is -0.348 e. The molecule has 8 heteroatoms. The summed E-state index contributed by atoms with van der Waals surface area (Å²) in [7, 11) is 1.77. The first-order valence-electron chi connectivity index (χ1n) is 7.21. The Kier molecular flexibility index (Phi) is 3.63. The summed E-state index contributed by atoms with van der Waals surface area (Å²) in [6.45, 7) is 0.120. The molecule has 2 N–H and O–H groups in total. The monoisotopic (exact) mass is 299 g/mol. The topological polar surface area (TPSA) is 111 Å². The number of nitrogens with zero attached hydrogens (tertiary/aromatic N) is 5. The van der Waals surface area contributed by atoms with Crippen LogP contribution in [0.3, 0.4) is 0 Å². The van der Waals surface area contributed by atoms with Crippen LogP contribution in [0.5, 0.6) is 0 Å². The van der Waals surface area contributed by atoms with Crippen LogP contribution in [0, 0.1) is 11.3 Å². The van der Waals surface area contributed by atoms with E-state index in [4.69, 9.17) is 0 Å². The molecule has 8 nitrogen and oxygen atoms in total. The van der Waals surface area contributed by atoms with E-state index in [0.717, 1.165) is 25.7 Å². The molecule has 2 aromatic rings. The van der Waals surface area contributed by atoms with Crippen molar-refractivity contribution < 1.29 is 4.79 Å². The van der Waals surface area contributed by atoms with Gasteiger partial charge < -0.3 is 15.2 Å². The van der Waals surface area contributed by atoms with Crippen molar-refractivity contribution in [1.29, 1.82) is 5.26 Å². The Morgan fingerprint density at radius 3 is 2.95 bits per heavy atom. The summed E-state index contributed by atoms with van der Waals surface area (Å²) >= 11 is 0. The van der Waals surface area contributed by atoms with Crippen LogP contribution in [0.2, 0.25) is 0 Å². The van der Waals surface area contributed by atoms with Gasteiger partial charge in [-0.05, 0) is 25.7 Å². The Balaban J connectivity index is 1.71. The van der Waals surface area contributed by atoms with Crippen LogP contribution < -0.4 is 10.2 Å². The Hall–Kier alpha value is -2.69. The second-order valence-corrected chi connectivity index (χ2v) is 5.60. The zero-order valence-corrected chi connectivity index (χ0v) is 12.3. The molecule has 22 heavy (non-hydrogen) atoms. The molecule has 1 saturated carbocycles. The molecule has 1 aliphatic rings. The maximum Gasteiger partial charge on any atom is 0.240 e. The smallest absolute Gasteiger partial charge is 0.240 e. The predicted octanol–water partition coefficient (Wildman–Crippen LogP) is 0.742. The molecule has 0 saturated heterocycles. The first kappa shape index (κ1) is 14.3. The zero-order valence-electron chi connectivity index (χ0n) is 12.3. The van der Waals surface area contributed by atoms with Gasteiger partial charge in [0.1, 0.15) is 17.4 Å². The number of carbonyl (C=O) groups is 1. The van der Waals surface area contributed by atoms with Crippen LogP contribution in [-0.2, 0) is 4.79 Å². The highest BCUT2D eigenvalue weighted by molar-refractivity contribution is 5.87. The number of amides is 1. The van der Waals surface area contributed by atoms with Crippen molar-refractivity contribution >= 4 is 22.9 Å². The highest BCUT2D eigenvalue weighted by Gasteiger charge is 2.35. The van der Waals surface area contributed by atoms with E-state index in [-0.39, 0.29) is 12.5 Å². The lowest BCUT2D eigenvalue weighted by molar-refractivity contribution is -0.121. The number of hydrogen-bond donors (Lipinski definition) is 2. The van der Waals surface area contributed by atoms with E-state index in [1.54, 1.807) is 18.3 Å². The van der Waals surface area contributed by atoms with Gasteiger partial charge in [0.2, 0.25) is 5.91 Å². The number of nitriles is 1. The number of anilines is 1. The van der Waals surface area contributed by atoms with Gasteiger partial charge in [0.05, 0.1) is 18.9 Å². The minimum absolute atomic E-state index is 0.120. The van der Waals surface area contributed by atoms with Crippen LogP contribution in [-0.4, -0.2) is 45.0 Å². The third kappa shape index (κ3) is 2.57. The number of rotatable bonds is 4. The van der Waals surface area contributed by atoms with E-state index in [0.29, 0.717) is 17.0 Å². The lowest BCUT2D eigenvalue weighted by Crippen LogP contribution is -2.48. The van der Waals surface area contributed by atoms with Gasteiger partial charge in [0, 0.05) is 7.05 Å². The van der Waals surface area contributed by atoms with Gasteiger partial charge in [-0.25, -0.2) is 15.0 Å². The van der Waals surface area contributed by atoms with Crippen molar-refractivity contribution in [2.45, 2.75) is 31.2 Å². The van der Waals surface area contributed by atoms with Gasteiger partial charge in [0.25, 0.3) is 0 Å². The number of hydrogen-bond acceptors (Lipinski definition) is 6. The second kappa shape index (κ2) is 5.60. The highest BCUT2D eigenvalue weighted by atomic mass is 16.2. The molecule has 2 aromatic heterocycles. The average molecular weight is 299 g/mol. The molecule has 0 unspecified atom stereocenters. The van der Waals surface area contributed by atoms with Crippen LogP contribution in [0.25, 0.3) is 11.2 Å². The Morgan fingerprint density at radius 1 is 1.45 bits per heavy atom. The largest absolute Gasteiger partial charge is 0.348 e. The second-order valence-electron chi connectivity index (χ2n) is 5.60. The third-order valence-corrected chi connectivity index (χ3v) is 4.00.